The lowest BCUT2D eigenvalue weighted by atomic mass is 9.88. The highest BCUT2D eigenvalue weighted by atomic mass is 15.1. The normalized spacial score (nSPS) is 24.9. The first-order valence-electron chi connectivity index (χ1n) is 4.53. The summed E-state index contributed by atoms with van der Waals surface area (Å²) < 4.78 is 0. The topological polar surface area (TPSA) is 87.6 Å². The SMILES string of the molecule is N#Cc1nccnc1NC1CC(N)C1. The number of hydrogen-bond acceptors (Lipinski definition) is 5. The van der Waals surface area contributed by atoms with Crippen LogP contribution < -0.4 is 11.1 Å². The van der Waals surface area contributed by atoms with Crippen LogP contribution >= 0.6 is 0 Å². The fourth-order valence-corrected chi connectivity index (χ4v) is 1.50. The van der Waals surface area contributed by atoms with Crippen molar-refractivity contribution in [1.82, 2.24) is 9.97 Å². The molecule has 0 saturated heterocycles. The number of nitrogens with two attached hydrogens (primary N) is 1. The molecule has 5 heteroatoms. The fourth-order valence-electron chi connectivity index (χ4n) is 1.50. The Labute approximate surface area is 82.0 Å². The molecule has 0 aliphatic heterocycles. The molecule has 5 nitrogen and oxygen atoms in total. The van der Waals surface area contributed by atoms with Crippen molar-refractivity contribution < 1.29 is 0 Å². The molecule has 1 aromatic heterocycles. The summed E-state index contributed by atoms with van der Waals surface area (Å²) in [4.78, 5) is 7.97. The molecule has 2 rings (SSSR count). The molecule has 1 fully saturated rings. The molecule has 0 aromatic carbocycles. The van der Waals surface area contributed by atoms with E-state index in [-0.39, 0.29) is 6.04 Å². The average molecular weight is 189 g/mol. The lowest BCUT2D eigenvalue weighted by Crippen LogP contribution is -2.44. The van der Waals surface area contributed by atoms with Crippen molar-refractivity contribution in [2.75, 3.05) is 5.32 Å². The number of aromatic nitrogens is 2. The zero-order chi connectivity index (χ0) is 9.97. The smallest absolute Gasteiger partial charge is 0.182 e. The highest BCUT2D eigenvalue weighted by Crippen LogP contribution is 2.22. The Kier molecular flexibility index (Phi) is 2.29. The minimum atomic E-state index is 0.287. The van der Waals surface area contributed by atoms with Gasteiger partial charge < -0.3 is 11.1 Å². The summed E-state index contributed by atoms with van der Waals surface area (Å²) in [5.74, 6) is 0.562. The molecule has 0 bridgehead atoms. The van der Waals surface area contributed by atoms with E-state index < -0.39 is 0 Å². The van der Waals surface area contributed by atoms with E-state index in [1.165, 1.54) is 6.20 Å². The van der Waals surface area contributed by atoms with Crippen LogP contribution in [0, 0.1) is 11.3 Å². The van der Waals surface area contributed by atoms with Gasteiger partial charge in [0, 0.05) is 24.5 Å². The van der Waals surface area contributed by atoms with E-state index in [2.05, 4.69) is 15.3 Å². The average Bonchev–Trinajstić information content (AvgIpc) is 2.16. The molecular weight excluding hydrogens is 178 g/mol. The number of anilines is 1. The third-order valence-electron chi connectivity index (χ3n) is 2.32. The lowest BCUT2D eigenvalue weighted by molar-refractivity contribution is 0.373. The van der Waals surface area contributed by atoms with E-state index in [1.807, 2.05) is 6.07 Å². The van der Waals surface area contributed by atoms with Crippen LogP contribution in [0.2, 0.25) is 0 Å². The second kappa shape index (κ2) is 3.60. The molecule has 0 amide bonds. The van der Waals surface area contributed by atoms with Crippen LogP contribution in [-0.2, 0) is 0 Å². The van der Waals surface area contributed by atoms with E-state index in [4.69, 9.17) is 11.0 Å². The fraction of sp³-hybridized carbons (Fsp3) is 0.444. The van der Waals surface area contributed by atoms with Gasteiger partial charge in [-0.15, -0.1) is 0 Å². The van der Waals surface area contributed by atoms with E-state index in [1.54, 1.807) is 6.20 Å². The molecule has 0 unspecified atom stereocenters. The Hall–Kier alpha value is -1.67. The molecule has 14 heavy (non-hydrogen) atoms. The molecule has 1 aliphatic carbocycles. The number of rotatable bonds is 2. The van der Waals surface area contributed by atoms with Gasteiger partial charge in [-0.05, 0) is 12.8 Å². The summed E-state index contributed by atoms with van der Waals surface area (Å²) in [7, 11) is 0. The Balaban J connectivity index is 2.06. The number of nitrogens with one attached hydrogen (secondary N) is 1. The van der Waals surface area contributed by atoms with Gasteiger partial charge in [0.25, 0.3) is 0 Å². The Morgan fingerprint density at radius 1 is 1.43 bits per heavy atom. The van der Waals surface area contributed by atoms with Crippen LogP contribution in [0.3, 0.4) is 0 Å². The van der Waals surface area contributed by atoms with Crippen LogP contribution in [-0.4, -0.2) is 22.1 Å². The van der Waals surface area contributed by atoms with Gasteiger partial charge in [-0.2, -0.15) is 5.26 Å². The largest absolute Gasteiger partial charge is 0.365 e. The van der Waals surface area contributed by atoms with Gasteiger partial charge in [0.1, 0.15) is 6.07 Å². The van der Waals surface area contributed by atoms with Crippen molar-refractivity contribution in [2.45, 2.75) is 24.9 Å². The monoisotopic (exact) mass is 189 g/mol. The van der Waals surface area contributed by atoms with Crippen LogP contribution in [0.5, 0.6) is 0 Å². The molecule has 1 aromatic rings. The lowest BCUT2D eigenvalue weighted by Gasteiger charge is -2.33. The minimum Gasteiger partial charge on any atom is -0.365 e. The maximum atomic E-state index is 8.76. The number of hydrogen-bond donors (Lipinski definition) is 2. The molecule has 0 spiro atoms. The molecule has 72 valence electrons. The summed E-state index contributed by atoms with van der Waals surface area (Å²) in [6, 6.07) is 2.62. The summed E-state index contributed by atoms with van der Waals surface area (Å²) in [6.07, 6.45) is 4.95. The van der Waals surface area contributed by atoms with Gasteiger partial charge in [0.2, 0.25) is 0 Å². The third-order valence-corrected chi connectivity index (χ3v) is 2.32. The second-order valence-corrected chi connectivity index (χ2v) is 3.44. The van der Waals surface area contributed by atoms with Gasteiger partial charge in [-0.3, -0.25) is 0 Å². The van der Waals surface area contributed by atoms with Crippen molar-refractivity contribution in [2.24, 2.45) is 5.73 Å². The van der Waals surface area contributed by atoms with Crippen LogP contribution in [0.4, 0.5) is 5.82 Å². The minimum absolute atomic E-state index is 0.287. The summed E-state index contributed by atoms with van der Waals surface area (Å²) >= 11 is 0. The molecular formula is C9H11N5. The van der Waals surface area contributed by atoms with Crippen LogP contribution in [0.25, 0.3) is 0 Å². The van der Waals surface area contributed by atoms with Crippen molar-refractivity contribution in [1.29, 1.82) is 5.26 Å². The maximum Gasteiger partial charge on any atom is 0.182 e. The highest BCUT2D eigenvalue weighted by Gasteiger charge is 2.26. The Morgan fingerprint density at radius 2 is 2.14 bits per heavy atom. The standard InChI is InChI=1S/C9H11N5/c10-5-8-9(13-2-1-12-8)14-7-3-6(11)4-7/h1-2,6-7H,3-4,11H2,(H,13,14). The third kappa shape index (κ3) is 1.65. The van der Waals surface area contributed by atoms with Crippen LogP contribution in [0.1, 0.15) is 18.5 Å². The zero-order valence-electron chi connectivity index (χ0n) is 7.64. The predicted molar refractivity (Wildman–Crippen MR) is 51.4 cm³/mol. The zero-order valence-corrected chi connectivity index (χ0v) is 7.64. The Bertz CT molecular complexity index is 364. The number of nitrogens with zero attached hydrogens (tertiary/aromatic N) is 3. The molecule has 1 aliphatic rings. The van der Waals surface area contributed by atoms with Crippen LogP contribution in [0.15, 0.2) is 12.4 Å². The summed E-state index contributed by atoms with van der Waals surface area (Å²) in [5.41, 5.74) is 5.99. The first-order chi connectivity index (χ1) is 6.79. The maximum absolute atomic E-state index is 8.76. The van der Waals surface area contributed by atoms with Gasteiger partial charge in [-0.25, -0.2) is 9.97 Å². The van der Waals surface area contributed by atoms with E-state index in [9.17, 15) is 0 Å². The van der Waals surface area contributed by atoms with E-state index in [0.717, 1.165) is 12.8 Å². The quantitative estimate of drug-likeness (QED) is 0.696. The first kappa shape index (κ1) is 8.91. The van der Waals surface area contributed by atoms with E-state index in [0.29, 0.717) is 17.6 Å². The number of nitriles is 1. The van der Waals surface area contributed by atoms with Crippen molar-refractivity contribution in [3.8, 4) is 6.07 Å². The van der Waals surface area contributed by atoms with E-state index >= 15 is 0 Å². The Morgan fingerprint density at radius 3 is 2.79 bits per heavy atom. The highest BCUT2D eigenvalue weighted by molar-refractivity contribution is 5.47. The van der Waals surface area contributed by atoms with Gasteiger partial charge in [-0.1, -0.05) is 0 Å². The van der Waals surface area contributed by atoms with Crippen molar-refractivity contribution in [3.63, 3.8) is 0 Å². The predicted octanol–water partition coefficient (Wildman–Crippen LogP) is 0.250. The molecule has 1 heterocycles. The molecule has 0 atom stereocenters. The molecule has 0 radical (unpaired) electrons. The van der Waals surface area contributed by atoms with Crippen molar-refractivity contribution in [3.05, 3.63) is 18.1 Å². The molecule has 1 saturated carbocycles. The second-order valence-electron chi connectivity index (χ2n) is 3.44. The van der Waals surface area contributed by atoms with Crippen molar-refractivity contribution >= 4 is 5.82 Å². The van der Waals surface area contributed by atoms with Gasteiger partial charge in [0.05, 0.1) is 0 Å². The van der Waals surface area contributed by atoms with Gasteiger partial charge >= 0.3 is 0 Å². The van der Waals surface area contributed by atoms with Gasteiger partial charge in [0.15, 0.2) is 11.5 Å². The first-order valence-corrected chi connectivity index (χ1v) is 4.53. The summed E-state index contributed by atoms with van der Waals surface area (Å²) in [5, 5.41) is 11.9. The molecule has 3 N–H and O–H groups in total. The summed E-state index contributed by atoms with van der Waals surface area (Å²) in [6.45, 7) is 0.